The van der Waals surface area contributed by atoms with Crippen LogP contribution in [0, 0.1) is 0 Å². The second-order valence-corrected chi connectivity index (χ2v) is 6.63. The first-order valence-corrected chi connectivity index (χ1v) is 9.46. The van der Waals surface area contributed by atoms with Crippen molar-refractivity contribution in [3.8, 4) is 23.0 Å². The van der Waals surface area contributed by atoms with E-state index in [4.69, 9.17) is 18.9 Å². The predicted octanol–water partition coefficient (Wildman–Crippen LogP) is 2.36. The highest BCUT2D eigenvalue weighted by molar-refractivity contribution is 9.10. The van der Waals surface area contributed by atoms with Gasteiger partial charge >= 0.3 is 0 Å². The molecule has 0 saturated heterocycles. The number of hydrogen-bond donors (Lipinski definition) is 2. The van der Waals surface area contributed by atoms with Crippen molar-refractivity contribution >= 4 is 34.0 Å². The molecule has 30 heavy (non-hydrogen) atoms. The fraction of sp³-hybridized carbons (Fsp3) is 0.250. The van der Waals surface area contributed by atoms with Crippen LogP contribution in [0.15, 0.2) is 39.9 Å². The average Bonchev–Trinajstić information content (AvgIpc) is 2.77. The van der Waals surface area contributed by atoms with Crippen molar-refractivity contribution < 1.29 is 28.5 Å². The van der Waals surface area contributed by atoms with Crippen LogP contribution in [0.4, 0.5) is 0 Å². The van der Waals surface area contributed by atoms with E-state index in [-0.39, 0.29) is 6.54 Å². The van der Waals surface area contributed by atoms with Gasteiger partial charge in [-0.2, -0.15) is 5.10 Å². The normalized spacial score (nSPS) is 10.4. The number of nitrogens with zero attached hydrogens (tertiary/aromatic N) is 1. The summed E-state index contributed by atoms with van der Waals surface area (Å²) < 4.78 is 21.5. The van der Waals surface area contributed by atoms with Crippen molar-refractivity contribution in [2.45, 2.75) is 0 Å². The number of amides is 2. The molecule has 0 radical (unpaired) electrons. The molecule has 10 heteroatoms. The maximum Gasteiger partial charge on any atom is 0.259 e. The van der Waals surface area contributed by atoms with E-state index in [9.17, 15) is 9.59 Å². The maximum absolute atomic E-state index is 12.2. The van der Waals surface area contributed by atoms with Crippen molar-refractivity contribution in [3.63, 3.8) is 0 Å². The van der Waals surface area contributed by atoms with E-state index in [0.29, 0.717) is 38.6 Å². The van der Waals surface area contributed by atoms with Crippen LogP contribution in [-0.2, 0) is 4.79 Å². The summed E-state index contributed by atoms with van der Waals surface area (Å²) in [5, 5.41) is 6.41. The van der Waals surface area contributed by atoms with Gasteiger partial charge < -0.3 is 24.3 Å². The van der Waals surface area contributed by atoms with Gasteiger partial charge in [0.15, 0.2) is 11.5 Å². The number of methoxy groups -OCH3 is 4. The Labute approximate surface area is 182 Å². The lowest BCUT2D eigenvalue weighted by Gasteiger charge is -2.10. The highest BCUT2D eigenvalue weighted by Crippen LogP contribution is 2.32. The second kappa shape index (κ2) is 11.1. The summed E-state index contributed by atoms with van der Waals surface area (Å²) in [5.74, 6) is 1.11. The maximum atomic E-state index is 12.2. The van der Waals surface area contributed by atoms with Crippen LogP contribution in [0.1, 0.15) is 15.9 Å². The largest absolute Gasteiger partial charge is 0.496 e. The van der Waals surface area contributed by atoms with Gasteiger partial charge in [0.2, 0.25) is 0 Å². The zero-order chi connectivity index (χ0) is 22.1. The molecule has 0 fully saturated rings. The Balaban J connectivity index is 1.94. The van der Waals surface area contributed by atoms with Crippen LogP contribution in [-0.4, -0.2) is 53.0 Å². The number of rotatable bonds is 9. The van der Waals surface area contributed by atoms with Crippen LogP contribution in [0.3, 0.4) is 0 Å². The van der Waals surface area contributed by atoms with E-state index in [1.165, 1.54) is 33.6 Å². The average molecular weight is 480 g/mol. The van der Waals surface area contributed by atoms with Crippen molar-refractivity contribution in [3.05, 3.63) is 45.9 Å². The monoisotopic (exact) mass is 479 g/mol. The third kappa shape index (κ3) is 5.86. The van der Waals surface area contributed by atoms with Gasteiger partial charge in [-0.3, -0.25) is 9.59 Å². The van der Waals surface area contributed by atoms with Gasteiger partial charge in [-0.05, 0) is 40.2 Å². The molecule has 0 aliphatic rings. The molecule has 2 aromatic carbocycles. The number of ether oxygens (including phenoxy) is 4. The molecular formula is C20H22BrN3O6. The molecule has 9 nitrogen and oxygen atoms in total. The van der Waals surface area contributed by atoms with Crippen LogP contribution >= 0.6 is 15.9 Å². The lowest BCUT2D eigenvalue weighted by molar-refractivity contribution is -0.120. The molecule has 0 atom stereocenters. The molecule has 2 aromatic rings. The van der Waals surface area contributed by atoms with Gasteiger partial charge in [0, 0.05) is 17.2 Å². The minimum Gasteiger partial charge on any atom is -0.496 e. The van der Waals surface area contributed by atoms with E-state index in [1.54, 1.807) is 31.4 Å². The summed E-state index contributed by atoms with van der Waals surface area (Å²) in [6.07, 6.45) is 1.43. The minimum absolute atomic E-state index is 0.256. The zero-order valence-electron chi connectivity index (χ0n) is 16.9. The van der Waals surface area contributed by atoms with Crippen molar-refractivity contribution in [2.24, 2.45) is 5.10 Å². The first-order chi connectivity index (χ1) is 14.4. The van der Waals surface area contributed by atoms with Gasteiger partial charge in [0.05, 0.1) is 45.7 Å². The highest BCUT2D eigenvalue weighted by atomic mass is 79.9. The van der Waals surface area contributed by atoms with E-state index in [2.05, 4.69) is 31.8 Å². The van der Waals surface area contributed by atoms with Gasteiger partial charge in [-0.25, -0.2) is 5.43 Å². The summed E-state index contributed by atoms with van der Waals surface area (Å²) in [7, 11) is 6.04. The van der Waals surface area contributed by atoms with Crippen LogP contribution in [0.5, 0.6) is 23.0 Å². The number of hydrogen-bond acceptors (Lipinski definition) is 7. The van der Waals surface area contributed by atoms with Gasteiger partial charge in [0.1, 0.15) is 11.5 Å². The number of carbonyl (C=O) groups is 2. The number of nitrogens with one attached hydrogen (secondary N) is 2. The Bertz CT molecular complexity index is 948. The van der Waals surface area contributed by atoms with Crippen LogP contribution in [0.25, 0.3) is 0 Å². The molecule has 0 aliphatic carbocycles. The molecule has 160 valence electrons. The van der Waals surface area contributed by atoms with Gasteiger partial charge in [0.25, 0.3) is 11.8 Å². The number of benzene rings is 2. The standard InChI is InChI=1S/C20H22BrN3O6/c1-27-15-6-5-12(8-18(15)30-4)20(26)22-11-19(25)24-23-10-13-7-14(21)17(29-3)9-16(13)28-2/h5-10H,11H2,1-4H3,(H,22,26)(H,24,25)/b23-10+. The summed E-state index contributed by atoms with van der Waals surface area (Å²) in [5.41, 5.74) is 3.30. The zero-order valence-corrected chi connectivity index (χ0v) is 18.5. The lowest BCUT2D eigenvalue weighted by atomic mass is 10.2. The van der Waals surface area contributed by atoms with Crippen molar-refractivity contribution in [1.29, 1.82) is 0 Å². The molecule has 2 N–H and O–H groups in total. The molecule has 0 aliphatic heterocycles. The predicted molar refractivity (Wildman–Crippen MR) is 115 cm³/mol. The first kappa shape index (κ1) is 23.0. The number of hydrazone groups is 1. The Morgan fingerprint density at radius 1 is 0.933 bits per heavy atom. The topological polar surface area (TPSA) is 107 Å². The summed E-state index contributed by atoms with van der Waals surface area (Å²) >= 11 is 3.38. The quantitative estimate of drug-likeness (QED) is 0.422. The second-order valence-electron chi connectivity index (χ2n) is 5.77. The number of halogens is 1. The van der Waals surface area contributed by atoms with Crippen LogP contribution in [0.2, 0.25) is 0 Å². The Morgan fingerprint density at radius 2 is 1.60 bits per heavy atom. The molecule has 0 saturated carbocycles. The third-order valence-corrected chi connectivity index (χ3v) is 4.57. The van der Waals surface area contributed by atoms with E-state index in [1.807, 2.05) is 0 Å². The summed E-state index contributed by atoms with van der Waals surface area (Å²) in [4.78, 5) is 24.2. The molecule has 0 heterocycles. The molecule has 2 rings (SSSR count). The van der Waals surface area contributed by atoms with Crippen LogP contribution < -0.4 is 29.7 Å². The van der Waals surface area contributed by atoms with E-state index in [0.717, 1.165) is 0 Å². The Hall–Kier alpha value is -3.27. The van der Waals surface area contributed by atoms with Gasteiger partial charge in [-0.15, -0.1) is 0 Å². The fourth-order valence-corrected chi connectivity index (χ4v) is 2.96. The lowest BCUT2D eigenvalue weighted by Crippen LogP contribution is -2.34. The van der Waals surface area contributed by atoms with E-state index < -0.39 is 11.8 Å². The molecule has 0 unspecified atom stereocenters. The summed E-state index contributed by atoms with van der Waals surface area (Å²) in [6.45, 7) is -0.256. The number of carbonyl (C=O) groups excluding carboxylic acids is 2. The molecular weight excluding hydrogens is 458 g/mol. The SMILES string of the molecule is COc1cc(OC)c(/C=N/NC(=O)CNC(=O)c2ccc(OC)c(OC)c2)cc1Br. The molecule has 0 spiro atoms. The Kier molecular flexibility index (Phi) is 8.48. The van der Waals surface area contributed by atoms with E-state index >= 15 is 0 Å². The third-order valence-electron chi connectivity index (χ3n) is 3.95. The minimum atomic E-state index is -0.494. The fourth-order valence-electron chi connectivity index (χ4n) is 2.44. The Morgan fingerprint density at radius 3 is 2.23 bits per heavy atom. The van der Waals surface area contributed by atoms with Crippen molar-refractivity contribution in [2.75, 3.05) is 35.0 Å². The molecule has 2 amide bonds. The first-order valence-electron chi connectivity index (χ1n) is 8.67. The smallest absolute Gasteiger partial charge is 0.259 e. The molecule has 0 aromatic heterocycles. The van der Waals surface area contributed by atoms with Crippen molar-refractivity contribution in [1.82, 2.24) is 10.7 Å². The summed E-state index contributed by atoms with van der Waals surface area (Å²) in [6, 6.07) is 8.14. The van der Waals surface area contributed by atoms with Gasteiger partial charge in [-0.1, -0.05) is 0 Å². The highest BCUT2D eigenvalue weighted by Gasteiger charge is 2.12. The molecule has 0 bridgehead atoms.